The molecule has 0 aliphatic carbocycles. The SMILES string of the molecule is CC(C)(C=O)Sc1ncncc1-c1ccc(Cl)c(Cl)c1. The van der Waals surface area contributed by atoms with Crippen molar-refractivity contribution in [1.82, 2.24) is 9.97 Å². The lowest BCUT2D eigenvalue weighted by molar-refractivity contribution is -0.109. The average molecular weight is 327 g/mol. The molecule has 0 saturated heterocycles. The lowest BCUT2D eigenvalue weighted by Gasteiger charge is -2.17. The van der Waals surface area contributed by atoms with Crippen LogP contribution >= 0.6 is 35.0 Å². The Hall–Kier alpha value is -1.10. The number of hydrogen-bond acceptors (Lipinski definition) is 4. The van der Waals surface area contributed by atoms with Crippen molar-refractivity contribution in [2.45, 2.75) is 23.6 Å². The van der Waals surface area contributed by atoms with Crippen LogP contribution in [0.5, 0.6) is 0 Å². The van der Waals surface area contributed by atoms with E-state index in [0.717, 1.165) is 22.4 Å². The zero-order valence-corrected chi connectivity index (χ0v) is 13.3. The second-order valence-corrected chi connectivity index (χ2v) is 7.15. The summed E-state index contributed by atoms with van der Waals surface area (Å²) in [5, 5.41) is 1.70. The van der Waals surface area contributed by atoms with Crippen LogP contribution < -0.4 is 0 Å². The molecule has 2 rings (SSSR count). The van der Waals surface area contributed by atoms with E-state index in [2.05, 4.69) is 9.97 Å². The van der Waals surface area contributed by atoms with Gasteiger partial charge >= 0.3 is 0 Å². The number of benzene rings is 1. The van der Waals surface area contributed by atoms with Crippen LogP contribution in [-0.4, -0.2) is 21.0 Å². The van der Waals surface area contributed by atoms with E-state index in [1.54, 1.807) is 18.3 Å². The smallest absolute Gasteiger partial charge is 0.135 e. The zero-order chi connectivity index (χ0) is 14.8. The van der Waals surface area contributed by atoms with Crippen molar-refractivity contribution in [2.75, 3.05) is 0 Å². The molecular weight excluding hydrogens is 315 g/mol. The highest BCUT2D eigenvalue weighted by Crippen LogP contribution is 2.37. The molecule has 1 aromatic carbocycles. The highest BCUT2D eigenvalue weighted by Gasteiger charge is 2.21. The summed E-state index contributed by atoms with van der Waals surface area (Å²) >= 11 is 13.3. The van der Waals surface area contributed by atoms with Crippen molar-refractivity contribution in [3.8, 4) is 11.1 Å². The van der Waals surface area contributed by atoms with Crippen molar-refractivity contribution in [3.05, 3.63) is 40.8 Å². The number of nitrogens with zero attached hydrogens (tertiary/aromatic N) is 2. The summed E-state index contributed by atoms with van der Waals surface area (Å²) in [7, 11) is 0. The topological polar surface area (TPSA) is 42.9 Å². The van der Waals surface area contributed by atoms with E-state index < -0.39 is 4.75 Å². The molecule has 0 N–H and O–H groups in total. The molecular formula is C14H12Cl2N2OS. The predicted molar refractivity (Wildman–Crippen MR) is 83.5 cm³/mol. The number of halogens is 2. The molecule has 0 spiro atoms. The molecule has 0 aliphatic rings. The molecule has 0 atom stereocenters. The van der Waals surface area contributed by atoms with Crippen LogP contribution in [0.25, 0.3) is 11.1 Å². The van der Waals surface area contributed by atoms with Gasteiger partial charge in [0.1, 0.15) is 17.6 Å². The lowest BCUT2D eigenvalue weighted by atomic mass is 10.1. The van der Waals surface area contributed by atoms with Gasteiger partial charge in [0.05, 0.1) is 14.8 Å². The molecule has 0 unspecified atom stereocenters. The van der Waals surface area contributed by atoms with Crippen LogP contribution in [0.4, 0.5) is 0 Å². The van der Waals surface area contributed by atoms with Gasteiger partial charge in [-0.25, -0.2) is 9.97 Å². The van der Waals surface area contributed by atoms with E-state index in [1.165, 1.54) is 18.1 Å². The van der Waals surface area contributed by atoms with Gasteiger partial charge < -0.3 is 4.79 Å². The first-order chi connectivity index (χ1) is 9.43. The van der Waals surface area contributed by atoms with Crippen LogP contribution in [0.15, 0.2) is 35.7 Å². The summed E-state index contributed by atoms with van der Waals surface area (Å²) in [6.07, 6.45) is 4.07. The predicted octanol–water partition coefficient (Wildman–Crippen LogP) is 4.52. The highest BCUT2D eigenvalue weighted by molar-refractivity contribution is 8.01. The Morgan fingerprint density at radius 3 is 2.65 bits per heavy atom. The summed E-state index contributed by atoms with van der Waals surface area (Å²) in [5.74, 6) is 0. The molecule has 0 saturated carbocycles. The first-order valence-electron chi connectivity index (χ1n) is 5.84. The van der Waals surface area contributed by atoms with Crippen LogP contribution in [0.3, 0.4) is 0 Å². The molecule has 1 heterocycles. The van der Waals surface area contributed by atoms with Gasteiger partial charge in [-0.15, -0.1) is 0 Å². The Bertz CT molecular complexity index is 647. The van der Waals surface area contributed by atoms with Crippen LogP contribution in [-0.2, 0) is 4.79 Å². The minimum absolute atomic E-state index is 0.471. The van der Waals surface area contributed by atoms with Crippen molar-refractivity contribution < 1.29 is 4.79 Å². The Balaban J connectivity index is 2.46. The van der Waals surface area contributed by atoms with Gasteiger partial charge in [-0.05, 0) is 31.5 Å². The molecule has 20 heavy (non-hydrogen) atoms. The number of carbonyl (C=O) groups excluding carboxylic acids is 1. The first kappa shape index (κ1) is 15.3. The normalized spacial score (nSPS) is 11.4. The van der Waals surface area contributed by atoms with E-state index in [9.17, 15) is 4.79 Å². The minimum atomic E-state index is -0.556. The summed E-state index contributed by atoms with van der Waals surface area (Å²) in [6.45, 7) is 3.68. The Morgan fingerprint density at radius 2 is 2.00 bits per heavy atom. The molecule has 0 amide bonds. The molecule has 1 aromatic heterocycles. The summed E-state index contributed by atoms with van der Waals surface area (Å²) in [6, 6.07) is 5.34. The van der Waals surface area contributed by atoms with Gasteiger partial charge in [0.2, 0.25) is 0 Å². The average Bonchev–Trinajstić information content (AvgIpc) is 2.42. The Morgan fingerprint density at radius 1 is 1.25 bits per heavy atom. The van der Waals surface area contributed by atoms with Crippen molar-refractivity contribution >= 4 is 41.2 Å². The van der Waals surface area contributed by atoms with Crippen LogP contribution in [0.2, 0.25) is 10.0 Å². The molecule has 3 nitrogen and oxygen atoms in total. The standard InChI is InChI=1S/C14H12Cl2N2OS/c1-14(2,7-19)20-13-10(6-17-8-18-13)9-3-4-11(15)12(16)5-9/h3-8H,1-2H3. The fraction of sp³-hybridized carbons (Fsp3) is 0.214. The maximum atomic E-state index is 11.1. The van der Waals surface area contributed by atoms with E-state index in [0.29, 0.717) is 10.0 Å². The fourth-order valence-electron chi connectivity index (χ4n) is 1.53. The molecule has 0 fully saturated rings. The molecule has 0 bridgehead atoms. The maximum absolute atomic E-state index is 11.1. The second-order valence-electron chi connectivity index (χ2n) is 4.69. The summed E-state index contributed by atoms with van der Waals surface area (Å²) in [5.41, 5.74) is 1.69. The highest BCUT2D eigenvalue weighted by atomic mass is 35.5. The van der Waals surface area contributed by atoms with Gasteiger partial charge in [-0.3, -0.25) is 0 Å². The molecule has 6 heteroatoms. The van der Waals surface area contributed by atoms with E-state index in [4.69, 9.17) is 23.2 Å². The van der Waals surface area contributed by atoms with E-state index >= 15 is 0 Å². The number of thioether (sulfide) groups is 1. The quantitative estimate of drug-likeness (QED) is 0.470. The van der Waals surface area contributed by atoms with Gasteiger partial charge in [0.15, 0.2) is 0 Å². The second kappa shape index (κ2) is 6.12. The molecule has 0 radical (unpaired) electrons. The summed E-state index contributed by atoms with van der Waals surface area (Å²) < 4.78 is -0.556. The molecule has 104 valence electrons. The number of aromatic nitrogens is 2. The molecule has 0 aliphatic heterocycles. The fourth-order valence-corrected chi connectivity index (χ4v) is 2.76. The Kier molecular flexibility index (Phi) is 4.68. The molecule has 2 aromatic rings. The lowest BCUT2D eigenvalue weighted by Crippen LogP contribution is -2.16. The number of hydrogen-bond donors (Lipinski definition) is 0. The monoisotopic (exact) mass is 326 g/mol. The van der Waals surface area contributed by atoms with E-state index in [1.807, 2.05) is 19.9 Å². The van der Waals surface area contributed by atoms with Crippen molar-refractivity contribution in [2.24, 2.45) is 0 Å². The third-order valence-corrected chi connectivity index (χ3v) is 4.43. The number of rotatable bonds is 4. The third kappa shape index (κ3) is 3.51. The van der Waals surface area contributed by atoms with Crippen LogP contribution in [0.1, 0.15) is 13.8 Å². The van der Waals surface area contributed by atoms with Gasteiger partial charge in [-0.2, -0.15) is 0 Å². The van der Waals surface area contributed by atoms with Crippen LogP contribution in [0, 0.1) is 0 Å². The third-order valence-electron chi connectivity index (χ3n) is 2.55. The maximum Gasteiger partial charge on any atom is 0.135 e. The van der Waals surface area contributed by atoms with E-state index in [-0.39, 0.29) is 0 Å². The van der Waals surface area contributed by atoms with Gasteiger partial charge in [0.25, 0.3) is 0 Å². The largest absolute Gasteiger partial charge is 0.302 e. The van der Waals surface area contributed by atoms with Crippen molar-refractivity contribution in [3.63, 3.8) is 0 Å². The minimum Gasteiger partial charge on any atom is -0.302 e. The zero-order valence-electron chi connectivity index (χ0n) is 10.9. The first-order valence-corrected chi connectivity index (χ1v) is 7.41. The van der Waals surface area contributed by atoms with Gasteiger partial charge in [0, 0.05) is 11.8 Å². The Labute approximate surface area is 131 Å². The summed E-state index contributed by atoms with van der Waals surface area (Å²) in [4.78, 5) is 19.4. The van der Waals surface area contributed by atoms with Crippen molar-refractivity contribution in [1.29, 1.82) is 0 Å². The number of aldehydes is 1. The number of carbonyl (C=O) groups is 1. The van der Waals surface area contributed by atoms with Gasteiger partial charge in [-0.1, -0.05) is 41.0 Å².